The zero-order valence-electron chi connectivity index (χ0n) is 8.72. The molecule has 0 radical (unpaired) electrons. The van der Waals surface area contributed by atoms with E-state index in [1.165, 1.54) is 18.3 Å². The number of benzene rings is 1. The highest BCUT2D eigenvalue weighted by Gasteiger charge is 2.11. The lowest BCUT2D eigenvalue weighted by atomic mass is 10.3. The normalized spacial score (nSPS) is 10.4. The quantitative estimate of drug-likeness (QED) is 0.802. The molecule has 0 aliphatic carbocycles. The third kappa shape index (κ3) is 2.90. The van der Waals surface area contributed by atoms with Gasteiger partial charge in [-0.3, -0.25) is 0 Å². The molecule has 18 heavy (non-hydrogen) atoms. The van der Waals surface area contributed by atoms with Crippen LogP contribution in [-0.2, 0) is 0 Å². The average molecular weight is 396 g/mol. The van der Waals surface area contributed by atoms with E-state index < -0.39 is 5.82 Å². The van der Waals surface area contributed by atoms with Crippen LogP contribution in [0.4, 0.5) is 21.8 Å². The summed E-state index contributed by atoms with van der Waals surface area (Å²) in [5, 5.41) is 3.18. The number of anilines is 3. The molecule has 0 saturated heterocycles. The molecule has 0 saturated carbocycles. The molecule has 2 rings (SSSR count). The average Bonchev–Trinajstić information content (AvgIpc) is 2.28. The Balaban J connectivity index is 2.43. The molecule has 3 N–H and O–H groups in total. The first-order chi connectivity index (χ1) is 8.47. The summed E-state index contributed by atoms with van der Waals surface area (Å²) in [7, 11) is 0. The zero-order chi connectivity index (χ0) is 13.3. The lowest BCUT2D eigenvalue weighted by molar-refractivity contribution is 0.627. The summed E-state index contributed by atoms with van der Waals surface area (Å²) in [4.78, 5) is 7.82. The minimum Gasteiger partial charge on any atom is -0.368 e. The van der Waals surface area contributed by atoms with E-state index in [0.717, 1.165) is 0 Å². The van der Waals surface area contributed by atoms with Gasteiger partial charge >= 0.3 is 0 Å². The standard InChI is InChI=1S/C10H6Br2ClFN4/c11-5-1-4(14)2-7(13)8(5)17-9-6(12)3-16-10(15)18-9/h1-3H,(H3,15,16,17,18). The van der Waals surface area contributed by atoms with Crippen LogP contribution in [0.5, 0.6) is 0 Å². The summed E-state index contributed by atoms with van der Waals surface area (Å²) in [6.45, 7) is 0. The number of aromatic nitrogens is 2. The lowest BCUT2D eigenvalue weighted by Gasteiger charge is -2.11. The van der Waals surface area contributed by atoms with Crippen LogP contribution in [0.15, 0.2) is 27.3 Å². The Labute approximate surface area is 124 Å². The van der Waals surface area contributed by atoms with Crippen molar-refractivity contribution in [3.05, 3.63) is 38.1 Å². The second-order valence-electron chi connectivity index (χ2n) is 3.29. The SMILES string of the molecule is Nc1ncc(Br)c(Nc2c(Cl)cc(F)cc2Br)n1. The first-order valence-corrected chi connectivity index (χ1v) is 6.63. The van der Waals surface area contributed by atoms with Gasteiger partial charge in [-0.25, -0.2) is 9.37 Å². The largest absolute Gasteiger partial charge is 0.368 e. The highest BCUT2D eigenvalue weighted by atomic mass is 79.9. The van der Waals surface area contributed by atoms with Crippen molar-refractivity contribution < 1.29 is 4.39 Å². The fourth-order valence-electron chi connectivity index (χ4n) is 1.25. The van der Waals surface area contributed by atoms with Crippen LogP contribution in [0.25, 0.3) is 0 Å². The van der Waals surface area contributed by atoms with Gasteiger partial charge in [-0.05, 0) is 44.0 Å². The molecule has 1 aromatic carbocycles. The maximum Gasteiger partial charge on any atom is 0.222 e. The number of nitrogens with one attached hydrogen (secondary N) is 1. The predicted octanol–water partition coefficient (Wildman–Crippen LogP) is 4.12. The third-order valence-electron chi connectivity index (χ3n) is 2.01. The molecule has 0 bridgehead atoms. The second-order valence-corrected chi connectivity index (χ2v) is 5.41. The van der Waals surface area contributed by atoms with Gasteiger partial charge in [0.2, 0.25) is 5.95 Å². The number of nitrogens with zero attached hydrogens (tertiary/aromatic N) is 2. The molecular weight excluding hydrogens is 390 g/mol. The first-order valence-electron chi connectivity index (χ1n) is 4.67. The summed E-state index contributed by atoms with van der Waals surface area (Å²) in [6, 6.07) is 2.50. The van der Waals surface area contributed by atoms with Crippen molar-refractivity contribution in [2.75, 3.05) is 11.1 Å². The Morgan fingerprint density at radius 2 is 2.00 bits per heavy atom. The molecule has 0 aliphatic rings. The molecule has 4 nitrogen and oxygen atoms in total. The molecule has 2 aromatic rings. The summed E-state index contributed by atoms with van der Waals surface area (Å²) in [5.41, 5.74) is 5.99. The van der Waals surface area contributed by atoms with Gasteiger partial charge in [0.25, 0.3) is 0 Å². The third-order valence-corrected chi connectivity index (χ3v) is 3.52. The van der Waals surface area contributed by atoms with Gasteiger partial charge in [-0.1, -0.05) is 11.6 Å². The molecule has 0 atom stereocenters. The molecule has 1 heterocycles. The Bertz CT molecular complexity index is 585. The summed E-state index contributed by atoms with van der Waals surface area (Å²) in [6.07, 6.45) is 1.51. The van der Waals surface area contributed by atoms with E-state index in [9.17, 15) is 4.39 Å². The van der Waals surface area contributed by atoms with Gasteiger partial charge in [0, 0.05) is 10.7 Å². The number of nitrogen functional groups attached to an aromatic ring is 1. The maximum absolute atomic E-state index is 13.1. The van der Waals surface area contributed by atoms with Gasteiger partial charge < -0.3 is 11.1 Å². The Hall–Kier alpha value is -0.920. The molecule has 0 fully saturated rings. The number of hydrogen-bond donors (Lipinski definition) is 2. The molecule has 8 heteroatoms. The second kappa shape index (κ2) is 5.38. The monoisotopic (exact) mass is 394 g/mol. The molecule has 0 spiro atoms. The molecule has 0 amide bonds. The fraction of sp³-hybridized carbons (Fsp3) is 0. The van der Waals surface area contributed by atoms with E-state index in [1.54, 1.807) is 0 Å². The van der Waals surface area contributed by atoms with Crippen LogP contribution >= 0.6 is 43.5 Å². The van der Waals surface area contributed by atoms with Crippen LogP contribution in [0.1, 0.15) is 0 Å². The van der Waals surface area contributed by atoms with E-state index in [2.05, 4.69) is 47.1 Å². The number of hydrogen-bond acceptors (Lipinski definition) is 4. The van der Waals surface area contributed by atoms with E-state index in [0.29, 0.717) is 20.5 Å². The predicted molar refractivity (Wildman–Crippen MR) is 76.5 cm³/mol. The first kappa shape index (κ1) is 13.5. The van der Waals surface area contributed by atoms with Crippen molar-refractivity contribution in [3.8, 4) is 0 Å². The molecule has 94 valence electrons. The summed E-state index contributed by atoms with van der Waals surface area (Å²) >= 11 is 12.5. The van der Waals surface area contributed by atoms with Crippen LogP contribution in [0.3, 0.4) is 0 Å². The van der Waals surface area contributed by atoms with Gasteiger partial charge in [0.1, 0.15) is 11.6 Å². The lowest BCUT2D eigenvalue weighted by Crippen LogP contribution is -2.01. The Morgan fingerprint density at radius 3 is 2.67 bits per heavy atom. The Kier molecular flexibility index (Phi) is 4.04. The molecule has 1 aromatic heterocycles. The molecular formula is C10H6Br2ClFN4. The van der Waals surface area contributed by atoms with E-state index in [1.807, 2.05) is 0 Å². The minimum absolute atomic E-state index is 0.120. The van der Waals surface area contributed by atoms with Crippen LogP contribution < -0.4 is 11.1 Å². The number of nitrogens with two attached hydrogens (primary N) is 1. The summed E-state index contributed by atoms with van der Waals surface area (Å²) in [5.74, 6) is 0.130. The zero-order valence-corrected chi connectivity index (χ0v) is 12.6. The number of rotatable bonds is 2. The van der Waals surface area contributed by atoms with Crippen LogP contribution in [0, 0.1) is 5.82 Å². The smallest absolute Gasteiger partial charge is 0.222 e. The van der Waals surface area contributed by atoms with E-state index in [-0.39, 0.29) is 11.0 Å². The van der Waals surface area contributed by atoms with Crippen molar-refractivity contribution in [1.29, 1.82) is 0 Å². The van der Waals surface area contributed by atoms with Crippen molar-refractivity contribution in [3.63, 3.8) is 0 Å². The fourth-order valence-corrected chi connectivity index (χ4v) is 2.44. The van der Waals surface area contributed by atoms with Gasteiger partial charge in [-0.15, -0.1) is 0 Å². The van der Waals surface area contributed by atoms with Gasteiger partial charge in [0.15, 0.2) is 0 Å². The highest BCUT2D eigenvalue weighted by Crippen LogP contribution is 2.35. The van der Waals surface area contributed by atoms with Gasteiger partial charge in [0.05, 0.1) is 15.2 Å². The van der Waals surface area contributed by atoms with Crippen LogP contribution in [0.2, 0.25) is 5.02 Å². The van der Waals surface area contributed by atoms with Crippen molar-refractivity contribution >= 4 is 60.9 Å². The van der Waals surface area contributed by atoms with Crippen molar-refractivity contribution in [1.82, 2.24) is 9.97 Å². The molecule has 0 aliphatic heterocycles. The van der Waals surface area contributed by atoms with E-state index in [4.69, 9.17) is 17.3 Å². The van der Waals surface area contributed by atoms with Crippen molar-refractivity contribution in [2.45, 2.75) is 0 Å². The maximum atomic E-state index is 13.1. The number of halogens is 4. The minimum atomic E-state index is -0.432. The Morgan fingerprint density at radius 1 is 1.28 bits per heavy atom. The van der Waals surface area contributed by atoms with Gasteiger partial charge in [-0.2, -0.15) is 4.98 Å². The molecule has 0 unspecified atom stereocenters. The van der Waals surface area contributed by atoms with Crippen molar-refractivity contribution in [2.24, 2.45) is 0 Å². The highest BCUT2D eigenvalue weighted by molar-refractivity contribution is 9.11. The van der Waals surface area contributed by atoms with Crippen LogP contribution in [-0.4, -0.2) is 9.97 Å². The topological polar surface area (TPSA) is 63.8 Å². The van der Waals surface area contributed by atoms with E-state index >= 15 is 0 Å². The summed E-state index contributed by atoms with van der Waals surface area (Å²) < 4.78 is 14.2.